The van der Waals surface area contributed by atoms with E-state index < -0.39 is 17.0 Å². The Labute approximate surface area is 129 Å². The number of hydrogen-bond acceptors (Lipinski definition) is 5. The van der Waals surface area contributed by atoms with E-state index in [1.807, 2.05) is 0 Å². The molecular formula is C12H13BrClNO5. The Balaban J connectivity index is 3.12. The van der Waals surface area contributed by atoms with Crippen LogP contribution in [0.1, 0.15) is 20.3 Å². The highest BCUT2D eigenvalue weighted by Crippen LogP contribution is 2.38. The Morgan fingerprint density at radius 2 is 2.15 bits per heavy atom. The molecule has 0 fully saturated rings. The fourth-order valence-corrected chi connectivity index (χ4v) is 2.36. The van der Waals surface area contributed by atoms with Crippen molar-refractivity contribution in [1.29, 1.82) is 0 Å². The van der Waals surface area contributed by atoms with E-state index in [2.05, 4.69) is 15.9 Å². The zero-order valence-electron chi connectivity index (χ0n) is 10.9. The lowest BCUT2D eigenvalue weighted by Gasteiger charge is -2.17. The monoisotopic (exact) mass is 365 g/mol. The number of carbonyl (C=O) groups is 1. The first kappa shape index (κ1) is 16.7. The van der Waals surface area contributed by atoms with Crippen LogP contribution in [0.25, 0.3) is 0 Å². The number of benzene rings is 1. The first-order chi connectivity index (χ1) is 9.40. The van der Waals surface area contributed by atoms with E-state index in [-0.39, 0.29) is 23.1 Å². The van der Waals surface area contributed by atoms with Crippen LogP contribution in [0.2, 0.25) is 5.02 Å². The second-order valence-electron chi connectivity index (χ2n) is 3.76. The zero-order valence-corrected chi connectivity index (χ0v) is 13.2. The number of nitrogens with zero attached hydrogens (tertiary/aromatic N) is 1. The number of carbonyl (C=O) groups excluding carboxylic acids is 1. The van der Waals surface area contributed by atoms with Gasteiger partial charge in [0.15, 0.2) is 6.10 Å². The van der Waals surface area contributed by atoms with E-state index in [0.717, 1.165) is 0 Å². The van der Waals surface area contributed by atoms with Crippen LogP contribution in [0.15, 0.2) is 16.6 Å². The Bertz CT molecular complexity index is 523. The van der Waals surface area contributed by atoms with Crippen molar-refractivity contribution in [1.82, 2.24) is 0 Å². The van der Waals surface area contributed by atoms with Gasteiger partial charge in [-0.1, -0.05) is 18.5 Å². The molecular weight excluding hydrogens is 353 g/mol. The molecule has 0 amide bonds. The number of nitro benzene ring substituents is 1. The molecule has 0 aromatic heterocycles. The molecule has 110 valence electrons. The Morgan fingerprint density at radius 3 is 2.65 bits per heavy atom. The normalized spacial score (nSPS) is 11.8. The third-order valence-corrected chi connectivity index (χ3v) is 3.17. The molecule has 0 spiro atoms. The molecule has 0 aliphatic carbocycles. The van der Waals surface area contributed by atoms with Crippen molar-refractivity contribution >= 4 is 39.2 Å². The van der Waals surface area contributed by atoms with Gasteiger partial charge in [0, 0.05) is 11.1 Å². The highest BCUT2D eigenvalue weighted by molar-refractivity contribution is 9.10. The number of ether oxygens (including phenoxy) is 2. The summed E-state index contributed by atoms with van der Waals surface area (Å²) in [6, 6.07) is 2.63. The topological polar surface area (TPSA) is 78.7 Å². The molecule has 1 atom stereocenters. The maximum Gasteiger partial charge on any atom is 0.347 e. The van der Waals surface area contributed by atoms with Crippen molar-refractivity contribution in [3.63, 3.8) is 0 Å². The molecule has 0 N–H and O–H groups in total. The smallest absolute Gasteiger partial charge is 0.347 e. The van der Waals surface area contributed by atoms with Crippen molar-refractivity contribution in [2.45, 2.75) is 26.4 Å². The van der Waals surface area contributed by atoms with Gasteiger partial charge in [-0.25, -0.2) is 4.79 Å². The van der Waals surface area contributed by atoms with Gasteiger partial charge in [-0.05, 0) is 35.3 Å². The summed E-state index contributed by atoms with van der Waals surface area (Å²) in [5.74, 6) is -0.606. The van der Waals surface area contributed by atoms with Crippen LogP contribution in [0.4, 0.5) is 5.69 Å². The highest BCUT2D eigenvalue weighted by Gasteiger charge is 2.27. The molecule has 0 saturated carbocycles. The first-order valence-electron chi connectivity index (χ1n) is 5.87. The summed E-state index contributed by atoms with van der Waals surface area (Å²) in [7, 11) is 0. The standard InChI is InChI=1S/C12H13BrClNO5/c1-3-10(12(16)19-4-2)20-11-8(13)5-7(14)6-9(11)15(17)18/h5-6,10H,3-4H2,1-2H3. The van der Waals surface area contributed by atoms with Gasteiger partial charge in [0.05, 0.1) is 16.0 Å². The Morgan fingerprint density at radius 1 is 1.50 bits per heavy atom. The first-order valence-corrected chi connectivity index (χ1v) is 7.04. The molecule has 0 aliphatic heterocycles. The minimum absolute atomic E-state index is 0.0423. The van der Waals surface area contributed by atoms with E-state index in [0.29, 0.717) is 10.9 Å². The minimum atomic E-state index is -0.911. The van der Waals surface area contributed by atoms with Crippen LogP contribution in [0.5, 0.6) is 5.75 Å². The zero-order chi connectivity index (χ0) is 15.3. The van der Waals surface area contributed by atoms with Gasteiger partial charge in [-0.3, -0.25) is 10.1 Å². The Hall–Kier alpha value is -1.34. The summed E-state index contributed by atoms with van der Waals surface area (Å²) in [4.78, 5) is 22.1. The van der Waals surface area contributed by atoms with E-state index in [9.17, 15) is 14.9 Å². The largest absolute Gasteiger partial charge is 0.471 e. The summed E-state index contributed by atoms with van der Waals surface area (Å²) < 4.78 is 10.6. The SMILES string of the molecule is CCOC(=O)C(CC)Oc1c(Br)cc(Cl)cc1[N+](=O)[O-]. The average Bonchev–Trinajstić information content (AvgIpc) is 2.37. The van der Waals surface area contributed by atoms with Gasteiger partial charge in [0.2, 0.25) is 5.75 Å². The fraction of sp³-hybridized carbons (Fsp3) is 0.417. The molecule has 8 heteroatoms. The van der Waals surface area contributed by atoms with Crippen LogP contribution >= 0.6 is 27.5 Å². The number of rotatable bonds is 6. The molecule has 1 unspecified atom stereocenters. The maximum absolute atomic E-state index is 11.7. The average molecular weight is 367 g/mol. The predicted octanol–water partition coefficient (Wildman–Crippen LogP) is 3.73. The quantitative estimate of drug-likeness (QED) is 0.435. The maximum atomic E-state index is 11.7. The summed E-state index contributed by atoms with van der Waals surface area (Å²) in [5, 5.41) is 11.2. The van der Waals surface area contributed by atoms with Crippen LogP contribution in [0, 0.1) is 10.1 Å². The molecule has 0 bridgehead atoms. The van der Waals surface area contributed by atoms with Crippen molar-refractivity contribution in [2.24, 2.45) is 0 Å². The highest BCUT2D eigenvalue weighted by atomic mass is 79.9. The van der Waals surface area contributed by atoms with Crippen LogP contribution in [-0.2, 0) is 9.53 Å². The number of halogens is 2. The number of esters is 1. The molecule has 0 heterocycles. The molecule has 0 saturated heterocycles. The van der Waals surface area contributed by atoms with Gasteiger partial charge in [-0.15, -0.1) is 0 Å². The van der Waals surface area contributed by atoms with Crippen molar-refractivity contribution in [3.8, 4) is 5.75 Å². The van der Waals surface area contributed by atoms with E-state index in [1.54, 1.807) is 13.8 Å². The molecule has 20 heavy (non-hydrogen) atoms. The molecule has 0 aliphatic rings. The van der Waals surface area contributed by atoms with Crippen molar-refractivity contribution in [2.75, 3.05) is 6.61 Å². The second kappa shape index (κ2) is 7.44. The van der Waals surface area contributed by atoms with Crippen LogP contribution in [0.3, 0.4) is 0 Å². The number of nitro groups is 1. The minimum Gasteiger partial charge on any atom is -0.471 e. The van der Waals surface area contributed by atoms with Crippen LogP contribution < -0.4 is 4.74 Å². The van der Waals surface area contributed by atoms with Gasteiger partial charge < -0.3 is 9.47 Å². The lowest BCUT2D eigenvalue weighted by Crippen LogP contribution is -2.29. The van der Waals surface area contributed by atoms with Crippen molar-refractivity contribution in [3.05, 3.63) is 31.7 Å². The third kappa shape index (κ3) is 4.08. The summed E-state index contributed by atoms with van der Waals surface area (Å²) in [6.07, 6.45) is -0.587. The summed E-state index contributed by atoms with van der Waals surface area (Å²) in [5.41, 5.74) is -0.313. The second-order valence-corrected chi connectivity index (χ2v) is 5.05. The van der Waals surface area contributed by atoms with Gasteiger partial charge in [0.25, 0.3) is 0 Å². The molecule has 1 aromatic rings. The van der Waals surface area contributed by atoms with E-state index >= 15 is 0 Å². The molecule has 6 nitrogen and oxygen atoms in total. The fourth-order valence-electron chi connectivity index (χ4n) is 1.47. The van der Waals surface area contributed by atoms with Gasteiger partial charge >= 0.3 is 11.7 Å². The molecule has 1 rings (SSSR count). The lowest BCUT2D eigenvalue weighted by atomic mass is 10.2. The third-order valence-electron chi connectivity index (χ3n) is 2.37. The Kier molecular flexibility index (Phi) is 6.22. The predicted molar refractivity (Wildman–Crippen MR) is 77.1 cm³/mol. The van der Waals surface area contributed by atoms with Crippen LogP contribution in [-0.4, -0.2) is 23.6 Å². The van der Waals surface area contributed by atoms with Gasteiger partial charge in [0.1, 0.15) is 0 Å². The summed E-state index contributed by atoms with van der Waals surface area (Å²) in [6.45, 7) is 3.60. The number of hydrogen-bond donors (Lipinski definition) is 0. The van der Waals surface area contributed by atoms with Gasteiger partial charge in [-0.2, -0.15) is 0 Å². The summed E-state index contributed by atoms with van der Waals surface area (Å²) >= 11 is 8.91. The lowest BCUT2D eigenvalue weighted by molar-refractivity contribution is -0.386. The van der Waals surface area contributed by atoms with E-state index in [1.165, 1.54) is 12.1 Å². The molecule has 0 radical (unpaired) electrons. The van der Waals surface area contributed by atoms with E-state index in [4.69, 9.17) is 21.1 Å². The molecule has 1 aromatic carbocycles. The van der Waals surface area contributed by atoms with Crippen molar-refractivity contribution < 1.29 is 19.2 Å².